The first-order chi connectivity index (χ1) is 5.54. The third-order valence-electron chi connectivity index (χ3n) is 1.32. The molecule has 0 aromatic carbocycles. The summed E-state index contributed by atoms with van der Waals surface area (Å²) in [6, 6.07) is -0.821. The van der Waals surface area contributed by atoms with E-state index in [9.17, 15) is 4.79 Å². The summed E-state index contributed by atoms with van der Waals surface area (Å²) in [5.41, 5.74) is 10.2. The molecular formula is C6H18GeN4O2. The second-order valence-electron chi connectivity index (χ2n) is 2.43. The van der Waals surface area contributed by atoms with Gasteiger partial charge in [0.1, 0.15) is 6.04 Å². The quantitative estimate of drug-likeness (QED) is 0.156. The second-order valence-corrected chi connectivity index (χ2v) is 2.43. The zero-order chi connectivity index (χ0) is 9.56. The standard InChI is InChI=1S/C6H14N4O2.GeH4/c7-4(5(11)12)2-1-3-10-6(8)9;/h4H,1-3,7H2,(H,11,12)(H4,8,9,10);1H4/t4-;/m0./s1. The molecule has 0 unspecified atom stereocenters. The van der Waals surface area contributed by atoms with Gasteiger partial charge in [0, 0.05) is 6.54 Å². The molecule has 0 spiro atoms. The molecule has 78 valence electrons. The molecule has 0 aromatic rings. The van der Waals surface area contributed by atoms with Crippen LogP contribution in [-0.4, -0.2) is 47.2 Å². The normalized spacial score (nSPS) is 11.2. The summed E-state index contributed by atoms with van der Waals surface area (Å²) >= 11 is 0. The SMILES string of the molecule is N=C(N)NCCC[C@H](N)C(=O)O.[GeH4]. The molecule has 0 saturated heterocycles. The monoisotopic (exact) mass is 252 g/mol. The molecule has 6 nitrogen and oxygen atoms in total. The van der Waals surface area contributed by atoms with Gasteiger partial charge in [-0.05, 0) is 12.8 Å². The van der Waals surface area contributed by atoms with E-state index >= 15 is 0 Å². The van der Waals surface area contributed by atoms with Crippen LogP contribution in [0.1, 0.15) is 12.8 Å². The summed E-state index contributed by atoms with van der Waals surface area (Å²) in [6.07, 6.45) is 0.975. The molecule has 1 atom stereocenters. The molecule has 0 bridgehead atoms. The zero-order valence-corrected chi connectivity index (χ0v) is 6.71. The number of hydrogen-bond donors (Lipinski definition) is 5. The van der Waals surface area contributed by atoms with Crippen LogP contribution in [-0.2, 0) is 4.79 Å². The van der Waals surface area contributed by atoms with Crippen LogP contribution in [0.25, 0.3) is 0 Å². The summed E-state index contributed by atoms with van der Waals surface area (Å²) < 4.78 is 0. The number of rotatable bonds is 5. The number of nitrogens with two attached hydrogens (primary N) is 2. The van der Waals surface area contributed by atoms with Crippen LogP contribution in [0.15, 0.2) is 0 Å². The van der Waals surface area contributed by atoms with E-state index in [1.165, 1.54) is 0 Å². The number of guanidine groups is 1. The van der Waals surface area contributed by atoms with Crippen molar-refractivity contribution < 1.29 is 9.90 Å². The fourth-order valence-corrected chi connectivity index (χ4v) is 0.669. The van der Waals surface area contributed by atoms with E-state index in [-0.39, 0.29) is 23.6 Å². The van der Waals surface area contributed by atoms with Crippen molar-refractivity contribution in [2.24, 2.45) is 11.5 Å². The van der Waals surface area contributed by atoms with Crippen LogP contribution in [0.3, 0.4) is 0 Å². The van der Waals surface area contributed by atoms with Crippen LogP contribution in [0.2, 0.25) is 0 Å². The molecule has 7 N–H and O–H groups in total. The molecule has 0 saturated carbocycles. The zero-order valence-electron chi connectivity index (χ0n) is 6.71. The molecule has 0 aliphatic carbocycles. The van der Waals surface area contributed by atoms with Crippen molar-refractivity contribution in [2.75, 3.05) is 6.54 Å². The fraction of sp³-hybridized carbons (Fsp3) is 0.667. The van der Waals surface area contributed by atoms with E-state index in [0.717, 1.165) is 0 Å². The summed E-state index contributed by atoms with van der Waals surface area (Å²) in [5, 5.41) is 17.7. The Bertz CT molecular complexity index is 176. The van der Waals surface area contributed by atoms with E-state index in [4.69, 9.17) is 22.0 Å². The molecule has 7 heteroatoms. The third kappa shape index (κ3) is 9.15. The van der Waals surface area contributed by atoms with Crippen molar-refractivity contribution >= 4 is 29.5 Å². The summed E-state index contributed by atoms with van der Waals surface area (Å²) in [4.78, 5) is 10.2. The van der Waals surface area contributed by atoms with Gasteiger partial charge in [0.25, 0.3) is 0 Å². The molecule has 0 amide bonds. The van der Waals surface area contributed by atoms with Gasteiger partial charge in [-0.25, -0.2) is 0 Å². The Labute approximate surface area is 87.5 Å². The van der Waals surface area contributed by atoms with E-state index in [2.05, 4.69) is 5.32 Å². The Morgan fingerprint density at radius 1 is 1.62 bits per heavy atom. The minimum atomic E-state index is -1.00. The summed E-state index contributed by atoms with van der Waals surface area (Å²) in [5.74, 6) is -1.11. The van der Waals surface area contributed by atoms with E-state index in [0.29, 0.717) is 19.4 Å². The summed E-state index contributed by atoms with van der Waals surface area (Å²) in [6.45, 7) is 0.482. The fourth-order valence-electron chi connectivity index (χ4n) is 0.669. The van der Waals surface area contributed by atoms with Crippen molar-refractivity contribution in [3.05, 3.63) is 0 Å². The van der Waals surface area contributed by atoms with Crippen LogP contribution >= 0.6 is 0 Å². The molecular weight excluding hydrogens is 233 g/mol. The van der Waals surface area contributed by atoms with Crippen LogP contribution in [0.5, 0.6) is 0 Å². The average Bonchev–Trinajstić information content (AvgIpc) is 1.97. The van der Waals surface area contributed by atoms with Gasteiger partial charge in [0.2, 0.25) is 0 Å². The number of carbonyl (C=O) groups is 1. The first kappa shape index (κ1) is 14.8. The van der Waals surface area contributed by atoms with Crippen LogP contribution in [0, 0.1) is 5.41 Å². The predicted molar refractivity (Wildman–Crippen MR) is 56.1 cm³/mol. The average molecular weight is 251 g/mol. The van der Waals surface area contributed by atoms with Gasteiger partial charge in [0.15, 0.2) is 5.96 Å². The Kier molecular flexibility index (Phi) is 8.93. The van der Waals surface area contributed by atoms with Gasteiger partial charge < -0.3 is 21.9 Å². The van der Waals surface area contributed by atoms with Gasteiger partial charge in [-0.15, -0.1) is 0 Å². The molecule has 0 aliphatic rings. The minimum absolute atomic E-state index is 0. The second kappa shape index (κ2) is 7.87. The van der Waals surface area contributed by atoms with Crippen molar-refractivity contribution in [3.63, 3.8) is 0 Å². The third-order valence-corrected chi connectivity index (χ3v) is 1.32. The van der Waals surface area contributed by atoms with Gasteiger partial charge in [0.05, 0.1) is 0 Å². The number of hydrogen-bond acceptors (Lipinski definition) is 3. The number of carboxylic acid groups (broad SMARTS) is 1. The molecule has 0 rings (SSSR count). The van der Waals surface area contributed by atoms with E-state index in [1.54, 1.807) is 0 Å². The van der Waals surface area contributed by atoms with Crippen molar-refractivity contribution in [2.45, 2.75) is 18.9 Å². The van der Waals surface area contributed by atoms with Gasteiger partial charge >= 0.3 is 23.6 Å². The van der Waals surface area contributed by atoms with Crippen LogP contribution in [0.4, 0.5) is 0 Å². The first-order valence-electron chi connectivity index (χ1n) is 3.60. The Morgan fingerprint density at radius 2 is 2.15 bits per heavy atom. The number of aliphatic carboxylic acids is 1. The topological polar surface area (TPSA) is 125 Å². The maximum absolute atomic E-state index is 10.2. The van der Waals surface area contributed by atoms with Crippen molar-refractivity contribution in [3.8, 4) is 0 Å². The Hall–Kier alpha value is -0.757. The molecule has 0 aliphatic heterocycles. The maximum atomic E-state index is 10.2. The Balaban J connectivity index is 0. The summed E-state index contributed by atoms with van der Waals surface area (Å²) in [7, 11) is 0. The van der Waals surface area contributed by atoms with E-state index in [1.807, 2.05) is 0 Å². The Morgan fingerprint density at radius 3 is 2.54 bits per heavy atom. The van der Waals surface area contributed by atoms with Crippen molar-refractivity contribution in [1.29, 1.82) is 5.41 Å². The number of nitrogens with one attached hydrogen (secondary N) is 2. The molecule has 13 heavy (non-hydrogen) atoms. The van der Waals surface area contributed by atoms with Crippen molar-refractivity contribution in [1.82, 2.24) is 5.32 Å². The predicted octanol–water partition coefficient (Wildman–Crippen LogP) is -2.79. The van der Waals surface area contributed by atoms with Gasteiger partial charge in [-0.3, -0.25) is 10.2 Å². The molecule has 0 aromatic heterocycles. The first-order valence-corrected chi connectivity index (χ1v) is 3.60. The molecule has 0 radical (unpaired) electrons. The molecule has 0 heterocycles. The number of carboxylic acids is 1. The van der Waals surface area contributed by atoms with E-state index < -0.39 is 12.0 Å². The van der Waals surface area contributed by atoms with Gasteiger partial charge in [-0.1, -0.05) is 0 Å². The molecule has 0 fully saturated rings. The van der Waals surface area contributed by atoms with Gasteiger partial charge in [-0.2, -0.15) is 0 Å². The van der Waals surface area contributed by atoms with Crippen LogP contribution < -0.4 is 16.8 Å².